The van der Waals surface area contributed by atoms with Crippen LogP contribution in [0.25, 0.3) is 11.3 Å². The number of benzene rings is 3. The van der Waals surface area contributed by atoms with Gasteiger partial charge in [-0.3, -0.25) is 0 Å². The Morgan fingerprint density at radius 3 is 2.35 bits per heavy atom. The number of phenols is 1. The summed E-state index contributed by atoms with van der Waals surface area (Å²) in [5, 5.41) is 10.0. The van der Waals surface area contributed by atoms with E-state index in [0.29, 0.717) is 17.8 Å². The molecule has 3 atom stereocenters. The molecule has 0 aromatic heterocycles. The third kappa shape index (κ3) is 3.79. The summed E-state index contributed by atoms with van der Waals surface area (Å²) in [6.45, 7) is 0. The van der Waals surface area contributed by atoms with E-state index >= 15 is 0 Å². The Bertz CT molecular complexity index is 1110. The van der Waals surface area contributed by atoms with E-state index in [1.807, 2.05) is 18.2 Å². The van der Waals surface area contributed by atoms with Gasteiger partial charge in [-0.2, -0.15) is 0 Å². The number of ether oxygens (including phenoxy) is 1. The van der Waals surface area contributed by atoms with E-state index in [9.17, 15) is 5.11 Å². The first-order chi connectivity index (χ1) is 15.2. The molecular formula is C29H28O2. The van der Waals surface area contributed by atoms with Gasteiger partial charge in [0, 0.05) is 11.5 Å². The van der Waals surface area contributed by atoms with Crippen molar-refractivity contribution in [2.75, 3.05) is 7.11 Å². The summed E-state index contributed by atoms with van der Waals surface area (Å²) in [6, 6.07) is 29.1. The average molecular weight is 409 g/mol. The van der Waals surface area contributed by atoms with Crippen LogP contribution < -0.4 is 0 Å². The number of allylic oxidation sites excluding steroid dienone is 3. The van der Waals surface area contributed by atoms with Gasteiger partial charge in [-0.05, 0) is 65.5 Å². The predicted molar refractivity (Wildman–Crippen MR) is 126 cm³/mol. The van der Waals surface area contributed by atoms with Crippen molar-refractivity contribution in [2.24, 2.45) is 11.8 Å². The lowest BCUT2D eigenvalue weighted by Gasteiger charge is -2.42. The standard InChI is InChI=1S/C29H28O2/c1-31-29(23-13-8-14-24(30)17-23)25-16-15-22-18-28(25)27(21-11-6-3-7-12-21)19-26(22)20-9-4-2-5-10-20/h2-14,17,19,22,27-28,30H,15-16,18H2,1H3. The summed E-state index contributed by atoms with van der Waals surface area (Å²) < 4.78 is 5.97. The lowest BCUT2D eigenvalue weighted by molar-refractivity contribution is 0.317. The molecule has 0 aliphatic heterocycles. The maximum absolute atomic E-state index is 10.0. The highest BCUT2D eigenvalue weighted by atomic mass is 16.5. The first-order valence-corrected chi connectivity index (χ1v) is 11.1. The molecule has 5 rings (SSSR count). The number of hydrogen-bond acceptors (Lipinski definition) is 2. The van der Waals surface area contributed by atoms with Crippen molar-refractivity contribution in [1.29, 1.82) is 0 Å². The Hall–Kier alpha value is -3.26. The SMILES string of the molecule is COC(=C1CCC2CC1C(c1ccccc1)C=C2c1ccccc1)c1cccc(O)c1. The van der Waals surface area contributed by atoms with Gasteiger partial charge < -0.3 is 9.84 Å². The van der Waals surface area contributed by atoms with Gasteiger partial charge in [0.25, 0.3) is 0 Å². The van der Waals surface area contributed by atoms with Crippen molar-refractivity contribution >= 4 is 11.3 Å². The Balaban J connectivity index is 1.64. The van der Waals surface area contributed by atoms with Crippen LogP contribution in [-0.4, -0.2) is 12.2 Å². The first-order valence-electron chi connectivity index (χ1n) is 11.1. The van der Waals surface area contributed by atoms with Crippen molar-refractivity contribution in [3.05, 3.63) is 113 Å². The van der Waals surface area contributed by atoms with Crippen LogP contribution in [0.2, 0.25) is 0 Å². The quantitative estimate of drug-likeness (QED) is 0.469. The summed E-state index contributed by atoms with van der Waals surface area (Å²) in [5.74, 6) is 2.47. The number of phenolic OH excluding ortho intramolecular Hbond substituents is 1. The summed E-state index contributed by atoms with van der Waals surface area (Å²) in [7, 11) is 1.75. The van der Waals surface area contributed by atoms with Gasteiger partial charge in [0.2, 0.25) is 0 Å². The minimum absolute atomic E-state index is 0.274. The molecule has 0 heterocycles. The van der Waals surface area contributed by atoms with Crippen molar-refractivity contribution in [2.45, 2.75) is 25.2 Å². The van der Waals surface area contributed by atoms with Crippen LogP contribution in [0, 0.1) is 11.8 Å². The Morgan fingerprint density at radius 1 is 0.903 bits per heavy atom. The average Bonchev–Trinajstić information content (AvgIpc) is 2.82. The Kier molecular flexibility index (Phi) is 5.38. The van der Waals surface area contributed by atoms with Crippen molar-refractivity contribution in [3.8, 4) is 5.75 Å². The highest BCUT2D eigenvalue weighted by Gasteiger charge is 2.39. The zero-order valence-electron chi connectivity index (χ0n) is 17.9. The van der Waals surface area contributed by atoms with Gasteiger partial charge in [0.1, 0.15) is 11.5 Å². The fourth-order valence-electron chi connectivity index (χ4n) is 5.50. The van der Waals surface area contributed by atoms with Crippen LogP contribution >= 0.6 is 0 Å². The summed E-state index contributed by atoms with van der Waals surface area (Å²) in [5.41, 5.74) is 6.52. The minimum Gasteiger partial charge on any atom is -0.508 e. The van der Waals surface area contributed by atoms with E-state index in [2.05, 4.69) is 66.7 Å². The summed E-state index contributed by atoms with van der Waals surface area (Å²) in [6.07, 6.45) is 5.78. The molecule has 0 saturated heterocycles. The molecule has 3 aromatic rings. The molecule has 1 N–H and O–H groups in total. The summed E-state index contributed by atoms with van der Waals surface area (Å²) >= 11 is 0. The van der Waals surface area contributed by atoms with E-state index in [-0.39, 0.29) is 5.75 Å². The van der Waals surface area contributed by atoms with Crippen LogP contribution in [0.3, 0.4) is 0 Å². The van der Waals surface area contributed by atoms with Gasteiger partial charge in [-0.15, -0.1) is 0 Å². The molecule has 2 bridgehead atoms. The first kappa shape index (κ1) is 19.7. The van der Waals surface area contributed by atoms with Crippen molar-refractivity contribution < 1.29 is 9.84 Å². The monoisotopic (exact) mass is 408 g/mol. The molecule has 2 nitrogen and oxygen atoms in total. The third-order valence-corrected chi connectivity index (χ3v) is 6.88. The van der Waals surface area contributed by atoms with E-state index in [0.717, 1.165) is 30.6 Å². The van der Waals surface area contributed by atoms with Crippen LogP contribution in [0.4, 0.5) is 0 Å². The van der Waals surface area contributed by atoms with Gasteiger partial charge in [0.15, 0.2) is 0 Å². The molecule has 3 aromatic carbocycles. The van der Waals surface area contributed by atoms with E-state index in [1.54, 1.807) is 13.2 Å². The Morgan fingerprint density at radius 2 is 1.65 bits per heavy atom. The van der Waals surface area contributed by atoms with E-state index in [4.69, 9.17) is 4.74 Å². The lowest BCUT2D eigenvalue weighted by Crippen LogP contribution is -2.29. The van der Waals surface area contributed by atoms with E-state index < -0.39 is 0 Å². The fraction of sp³-hybridized carbons (Fsp3) is 0.241. The van der Waals surface area contributed by atoms with Crippen molar-refractivity contribution in [3.63, 3.8) is 0 Å². The number of rotatable bonds is 4. The van der Waals surface area contributed by atoms with Gasteiger partial charge in [-0.25, -0.2) is 0 Å². The van der Waals surface area contributed by atoms with E-state index in [1.165, 1.54) is 22.3 Å². The molecule has 0 amide bonds. The van der Waals surface area contributed by atoms with Crippen LogP contribution in [0.15, 0.2) is 96.6 Å². The smallest absolute Gasteiger partial charge is 0.125 e. The molecule has 2 aliphatic carbocycles. The largest absolute Gasteiger partial charge is 0.508 e. The molecular weight excluding hydrogens is 380 g/mol. The molecule has 2 heteroatoms. The second kappa shape index (κ2) is 8.47. The molecule has 0 radical (unpaired) electrons. The molecule has 0 spiro atoms. The highest BCUT2D eigenvalue weighted by Crippen LogP contribution is 2.53. The second-order valence-corrected chi connectivity index (χ2v) is 8.61. The van der Waals surface area contributed by atoms with Crippen LogP contribution in [-0.2, 0) is 4.74 Å². The van der Waals surface area contributed by atoms with Gasteiger partial charge >= 0.3 is 0 Å². The molecule has 156 valence electrons. The number of methoxy groups -OCH3 is 1. The second-order valence-electron chi connectivity index (χ2n) is 8.61. The zero-order chi connectivity index (χ0) is 21.2. The molecule has 3 unspecified atom stereocenters. The number of aromatic hydroxyl groups is 1. The minimum atomic E-state index is 0.274. The number of fused-ring (bicyclic) bond motifs is 2. The topological polar surface area (TPSA) is 29.5 Å². The van der Waals surface area contributed by atoms with Crippen LogP contribution in [0.5, 0.6) is 5.75 Å². The van der Waals surface area contributed by atoms with Gasteiger partial charge in [0.05, 0.1) is 7.11 Å². The lowest BCUT2D eigenvalue weighted by atomic mass is 9.62. The molecule has 1 fully saturated rings. The summed E-state index contributed by atoms with van der Waals surface area (Å²) in [4.78, 5) is 0. The zero-order valence-corrected chi connectivity index (χ0v) is 17.9. The van der Waals surface area contributed by atoms with Crippen molar-refractivity contribution in [1.82, 2.24) is 0 Å². The number of hydrogen-bond donors (Lipinski definition) is 1. The third-order valence-electron chi connectivity index (χ3n) is 6.88. The maximum Gasteiger partial charge on any atom is 0.125 e. The molecule has 31 heavy (non-hydrogen) atoms. The maximum atomic E-state index is 10.0. The highest BCUT2D eigenvalue weighted by molar-refractivity contribution is 5.72. The molecule has 2 aliphatic rings. The van der Waals surface area contributed by atoms with Crippen LogP contribution in [0.1, 0.15) is 41.9 Å². The predicted octanol–water partition coefficient (Wildman–Crippen LogP) is 7.05. The molecule has 1 saturated carbocycles. The van der Waals surface area contributed by atoms with Gasteiger partial charge in [-0.1, -0.05) is 78.9 Å². The normalized spacial score (nSPS) is 24.3. The fourth-order valence-corrected chi connectivity index (χ4v) is 5.50. The Labute approximate surface area is 184 Å².